The fraction of sp³-hybridized carbons (Fsp3) is 0.526. The molecule has 27 heavy (non-hydrogen) atoms. The molecule has 148 valence electrons. The van der Waals surface area contributed by atoms with E-state index in [2.05, 4.69) is 15.4 Å². The Kier molecular flexibility index (Phi) is 7.45. The fourth-order valence-corrected chi connectivity index (χ4v) is 3.23. The van der Waals surface area contributed by atoms with Crippen LogP contribution >= 0.6 is 0 Å². The van der Waals surface area contributed by atoms with Gasteiger partial charge in [0.15, 0.2) is 0 Å². The molecule has 0 aliphatic heterocycles. The molecule has 1 aliphatic rings. The molecule has 0 bridgehead atoms. The minimum Gasteiger partial charge on any atom is -0.496 e. The predicted octanol–water partition coefficient (Wildman–Crippen LogP) is 1.97. The van der Waals surface area contributed by atoms with Crippen LogP contribution in [0.25, 0.3) is 0 Å². The van der Waals surface area contributed by atoms with E-state index in [1.807, 2.05) is 0 Å². The summed E-state index contributed by atoms with van der Waals surface area (Å²) in [7, 11) is 2.84. The maximum absolute atomic E-state index is 12.0. The Labute approximate surface area is 158 Å². The van der Waals surface area contributed by atoms with Gasteiger partial charge in [0, 0.05) is 12.6 Å². The number of aliphatic carboxylic acids is 1. The highest BCUT2D eigenvalue weighted by Crippen LogP contribution is 2.24. The summed E-state index contributed by atoms with van der Waals surface area (Å²) in [5, 5.41) is 14.7. The molecule has 8 heteroatoms. The molecular formula is C19H26N2O6. The zero-order valence-corrected chi connectivity index (χ0v) is 15.6. The highest BCUT2D eigenvalue weighted by atomic mass is 16.5. The van der Waals surface area contributed by atoms with Gasteiger partial charge in [-0.1, -0.05) is 6.07 Å². The lowest BCUT2D eigenvalue weighted by Crippen LogP contribution is -2.44. The molecule has 0 aromatic heterocycles. The van der Waals surface area contributed by atoms with Gasteiger partial charge in [-0.15, -0.1) is 0 Å². The second-order valence-electron chi connectivity index (χ2n) is 6.56. The molecule has 8 nitrogen and oxygen atoms in total. The van der Waals surface area contributed by atoms with Crippen molar-refractivity contribution >= 4 is 18.0 Å². The van der Waals surface area contributed by atoms with E-state index < -0.39 is 11.9 Å². The van der Waals surface area contributed by atoms with E-state index in [9.17, 15) is 14.4 Å². The largest absolute Gasteiger partial charge is 0.496 e. The van der Waals surface area contributed by atoms with Crippen molar-refractivity contribution in [1.82, 2.24) is 10.6 Å². The minimum absolute atomic E-state index is 0.00877. The number of amides is 2. The molecule has 2 amide bonds. The molecule has 2 rings (SSSR count). The Morgan fingerprint density at radius 1 is 1.15 bits per heavy atom. The first-order valence-corrected chi connectivity index (χ1v) is 8.97. The van der Waals surface area contributed by atoms with Crippen molar-refractivity contribution in [2.45, 2.75) is 38.1 Å². The third-order valence-electron chi connectivity index (χ3n) is 4.80. The molecule has 0 spiro atoms. The van der Waals surface area contributed by atoms with Crippen molar-refractivity contribution in [3.05, 3.63) is 29.3 Å². The highest BCUT2D eigenvalue weighted by molar-refractivity contribution is 5.89. The normalized spacial score (nSPS) is 19.0. The number of carboxylic acid groups (broad SMARTS) is 1. The van der Waals surface area contributed by atoms with E-state index in [0.29, 0.717) is 50.0 Å². The predicted molar refractivity (Wildman–Crippen MR) is 98.0 cm³/mol. The second-order valence-corrected chi connectivity index (χ2v) is 6.56. The number of methoxy groups -OCH3 is 2. The Balaban J connectivity index is 1.78. The van der Waals surface area contributed by atoms with Crippen LogP contribution in [0, 0.1) is 5.92 Å². The number of urea groups is 1. The van der Waals surface area contributed by atoms with Crippen molar-refractivity contribution in [2.75, 3.05) is 20.8 Å². The smallest absolute Gasteiger partial charge is 0.337 e. The van der Waals surface area contributed by atoms with Gasteiger partial charge in [-0.25, -0.2) is 9.59 Å². The molecule has 1 fully saturated rings. The van der Waals surface area contributed by atoms with Gasteiger partial charge in [0.1, 0.15) is 5.75 Å². The lowest BCUT2D eigenvalue weighted by Gasteiger charge is -2.26. The van der Waals surface area contributed by atoms with E-state index in [1.165, 1.54) is 14.2 Å². The lowest BCUT2D eigenvalue weighted by molar-refractivity contribution is -0.142. The molecule has 0 atom stereocenters. The van der Waals surface area contributed by atoms with Crippen molar-refractivity contribution in [3.63, 3.8) is 0 Å². The van der Waals surface area contributed by atoms with Gasteiger partial charge in [0.05, 0.1) is 25.7 Å². The van der Waals surface area contributed by atoms with Crippen LogP contribution in [0.4, 0.5) is 4.79 Å². The summed E-state index contributed by atoms with van der Waals surface area (Å²) in [6, 6.07) is 4.79. The molecule has 1 saturated carbocycles. The summed E-state index contributed by atoms with van der Waals surface area (Å²) in [4.78, 5) is 34.5. The van der Waals surface area contributed by atoms with Crippen LogP contribution in [0.2, 0.25) is 0 Å². The van der Waals surface area contributed by atoms with E-state index in [1.54, 1.807) is 18.2 Å². The molecule has 0 heterocycles. The number of ether oxygens (including phenoxy) is 2. The quantitative estimate of drug-likeness (QED) is 0.625. The average Bonchev–Trinajstić information content (AvgIpc) is 2.67. The van der Waals surface area contributed by atoms with Crippen LogP contribution in [0.3, 0.4) is 0 Å². The van der Waals surface area contributed by atoms with Crippen LogP contribution in [-0.4, -0.2) is 49.9 Å². The second kappa shape index (κ2) is 9.80. The van der Waals surface area contributed by atoms with Gasteiger partial charge >= 0.3 is 18.0 Å². The molecule has 0 unspecified atom stereocenters. The van der Waals surface area contributed by atoms with Crippen LogP contribution in [-0.2, 0) is 16.0 Å². The fourth-order valence-electron chi connectivity index (χ4n) is 3.23. The van der Waals surface area contributed by atoms with Gasteiger partial charge in [-0.3, -0.25) is 4.79 Å². The molecule has 0 saturated heterocycles. The summed E-state index contributed by atoms with van der Waals surface area (Å²) < 4.78 is 9.99. The van der Waals surface area contributed by atoms with E-state index in [-0.39, 0.29) is 18.0 Å². The minimum atomic E-state index is -0.759. The number of carboxylic acids is 1. The van der Waals surface area contributed by atoms with Crippen LogP contribution in [0.5, 0.6) is 5.75 Å². The van der Waals surface area contributed by atoms with Crippen molar-refractivity contribution in [1.29, 1.82) is 0 Å². The SMILES string of the molecule is COC(=O)c1ccc(CCNC(=O)NC2CCC(C(=O)O)CC2)c(OC)c1. The van der Waals surface area contributed by atoms with Gasteiger partial charge in [-0.05, 0) is 49.8 Å². The zero-order valence-electron chi connectivity index (χ0n) is 15.6. The molecule has 1 aliphatic carbocycles. The molecule has 3 N–H and O–H groups in total. The van der Waals surface area contributed by atoms with Crippen LogP contribution in [0.1, 0.15) is 41.6 Å². The zero-order chi connectivity index (χ0) is 19.8. The van der Waals surface area contributed by atoms with Gasteiger partial charge < -0.3 is 25.2 Å². The number of esters is 1. The monoisotopic (exact) mass is 378 g/mol. The van der Waals surface area contributed by atoms with Gasteiger partial charge in [0.25, 0.3) is 0 Å². The van der Waals surface area contributed by atoms with E-state index in [0.717, 1.165) is 5.56 Å². The van der Waals surface area contributed by atoms with Crippen molar-refractivity contribution in [3.8, 4) is 5.75 Å². The molecule has 1 aromatic rings. The maximum Gasteiger partial charge on any atom is 0.337 e. The van der Waals surface area contributed by atoms with E-state index >= 15 is 0 Å². The maximum atomic E-state index is 12.0. The first-order chi connectivity index (χ1) is 12.9. The topological polar surface area (TPSA) is 114 Å². The van der Waals surface area contributed by atoms with E-state index in [4.69, 9.17) is 9.84 Å². The number of hydrogen-bond acceptors (Lipinski definition) is 5. The van der Waals surface area contributed by atoms with Crippen molar-refractivity contribution < 1.29 is 29.0 Å². The Bertz CT molecular complexity index is 683. The first kappa shape index (κ1) is 20.5. The Morgan fingerprint density at radius 2 is 1.85 bits per heavy atom. The highest BCUT2D eigenvalue weighted by Gasteiger charge is 2.26. The number of carbonyl (C=O) groups is 3. The van der Waals surface area contributed by atoms with Gasteiger partial charge in [-0.2, -0.15) is 0 Å². The lowest BCUT2D eigenvalue weighted by atomic mass is 9.86. The van der Waals surface area contributed by atoms with Crippen molar-refractivity contribution in [2.24, 2.45) is 5.92 Å². The molecular weight excluding hydrogens is 352 g/mol. The van der Waals surface area contributed by atoms with Crippen LogP contribution < -0.4 is 15.4 Å². The standard InChI is InChI=1S/C19H26N2O6/c1-26-16-11-14(18(24)27-2)4-3-12(16)9-10-20-19(25)21-15-7-5-13(6-8-15)17(22)23/h3-4,11,13,15H,5-10H2,1-2H3,(H,22,23)(H2,20,21,25). The molecule has 0 radical (unpaired) electrons. The summed E-state index contributed by atoms with van der Waals surface area (Å²) in [6.07, 6.45) is 3.07. The third kappa shape index (κ3) is 5.87. The third-order valence-corrected chi connectivity index (χ3v) is 4.80. The molecule has 1 aromatic carbocycles. The Hall–Kier alpha value is -2.77. The average molecular weight is 378 g/mol. The Morgan fingerprint density at radius 3 is 2.44 bits per heavy atom. The number of hydrogen-bond donors (Lipinski definition) is 3. The number of nitrogens with one attached hydrogen (secondary N) is 2. The number of benzene rings is 1. The summed E-state index contributed by atoms with van der Waals surface area (Å²) >= 11 is 0. The van der Waals surface area contributed by atoms with Crippen LogP contribution in [0.15, 0.2) is 18.2 Å². The summed E-state index contributed by atoms with van der Waals surface area (Å²) in [5.74, 6) is -0.932. The summed E-state index contributed by atoms with van der Waals surface area (Å²) in [5.41, 5.74) is 1.27. The number of rotatable bonds is 7. The number of carbonyl (C=O) groups excluding carboxylic acids is 2. The van der Waals surface area contributed by atoms with Gasteiger partial charge in [0.2, 0.25) is 0 Å². The first-order valence-electron chi connectivity index (χ1n) is 8.97. The summed E-state index contributed by atoms with van der Waals surface area (Å²) in [6.45, 7) is 0.407.